The van der Waals surface area contributed by atoms with Gasteiger partial charge in [-0.25, -0.2) is 0 Å². The van der Waals surface area contributed by atoms with Gasteiger partial charge in [-0.3, -0.25) is 15.0 Å². The van der Waals surface area contributed by atoms with Gasteiger partial charge in [-0.1, -0.05) is 97.1 Å². The highest BCUT2D eigenvalue weighted by Crippen LogP contribution is 2.35. The molecular weight excluding hydrogens is 721 g/mol. The maximum absolute atomic E-state index is 9.56. The van der Waals surface area contributed by atoms with Crippen LogP contribution in [0, 0.1) is 25.0 Å². The molecule has 0 spiro atoms. The molecule has 59 heavy (non-hydrogen) atoms. The lowest BCUT2D eigenvalue weighted by molar-refractivity contribution is 0.669. The second-order valence-electron chi connectivity index (χ2n) is 14.0. The number of pyridine rings is 3. The molecule has 0 bridgehead atoms. The van der Waals surface area contributed by atoms with Crippen LogP contribution in [0.2, 0.25) is 0 Å². The van der Waals surface area contributed by atoms with Gasteiger partial charge in [-0.2, -0.15) is 5.26 Å². The largest absolute Gasteiger partial charge is 0.455 e. The number of benzene rings is 5. The number of aryl methyl sites for hydroxylation is 8. The molecule has 5 aromatic carbocycles. The SMILES string of the molecule is [2H]c1cc2c(oc3c(-c4ccc(C([2H])([2H])Cc5cc(CC([2H])([2H])c6cnc(-c7ccccc7)cc6C([2H])([2H])[2H])cc(CC([2H])([2H])c6cnc(-c7ccccc7)cc6C([2H])([2H])[2H])c5)cn4)cccc32)c([2H])c1C#N. The lowest BCUT2D eigenvalue weighted by Gasteiger charge is -2.13. The van der Waals surface area contributed by atoms with Crippen molar-refractivity contribution in [3.63, 3.8) is 0 Å². The summed E-state index contributed by atoms with van der Waals surface area (Å²) in [6.07, 6.45) is -4.16. The van der Waals surface area contributed by atoms with Crippen LogP contribution in [0.15, 0.2) is 162 Å². The molecule has 0 unspecified atom stereocenters. The minimum atomic E-state index is -2.74. The van der Waals surface area contributed by atoms with Crippen LogP contribution in [0.4, 0.5) is 0 Å². The first kappa shape index (κ1) is 24.6. The van der Waals surface area contributed by atoms with Gasteiger partial charge in [0.25, 0.3) is 0 Å². The third kappa shape index (κ3) is 8.30. The smallest absolute Gasteiger partial charge is 0.144 e. The Balaban J connectivity index is 1.09. The molecule has 5 nitrogen and oxygen atoms in total. The molecule has 0 aliphatic rings. The number of aromatic nitrogens is 3. The van der Waals surface area contributed by atoms with Gasteiger partial charge in [0.05, 0.1) is 31.5 Å². The van der Waals surface area contributed by atoms with Crippen molar-refractivity contribution in [1.82, 2.24) is 15.0 Å². The molecule has 0 radical (unpaired) electrons. The second kappa shape index (κ2) is 16.7. The summed E-state index contributed by atoms with van der Waals surface area (Å²) in [5, 5.41) is 10.7. The molecule has 286 valence electrons. The monoisotopic (exact) mass is 778 g/mol. The van der Waals surface area contributed by atoms with Crippen LogP contribution in [0.25, 0.3) is 55.7 Å². The van der Waals surface area contributed by atoms with E-state index in [2.05, 4.69) is 15.0 Å². The summed E-state index contributed by atoms with van der Waals surface area (Å²) >= 11 is 0. The van der Waals surface area contributed by atoms with Crippen LogP contribution >= 0.6 is 0 Å². The zero-order valence-electron chi connectivity index (χ0n) is 45.7. The fraction of sp³-hybridized carbons (Fsp3) is 0.148. The van der Waals surface area contributed by atoms with Gasteiger partial charge in [0.2, 0.25) is 0 Å². The van der Waals surface area contributed by atoms with Crippen molar-refractivity contribution < 1.29 is 23.6 Å². The van der Waals surface area contributed by atoms with E-state index in [0.717, 1.165) is 0 Å². The highest BCUT2D eigenvalue weighted by Gasteiger charge is 2.14. The lowest BCUT2D eigenvalue weighted by atomic mass is 9.93. The second-order valence-corrected chi connectivity index (χ2v) is 14.0. The molecule has 9 rings (SSSR count). The lowest BCUT2D eigenvalue weighted by Crippen LogP contribution is -2.02. The molecule has 0 fully saturated rings. The van der Waals surface area contributed by atoms with Crippen molar-refractivity contribution in [3.8, 4) is 39.8 Å². The van der Waals surface area contributed by atoms with Crippen molar-refractivity contribution in [1.29, 1.82) is 5.26 Å². The standard InChI is InChI=1S/C54H44N4O/c1-36-26-51(43-10-5-3-6-11-43)57-34-45(36)22-18-40-28-39(29-41(30-40)19-23-46-35-58-52(27-37(46)2)44-12-7-4-8-13-44)17-16-38-21-25-50(56-33-38)49-15-9-14-48-47-24-20-42(32-55)31-53(47)59-54(48)49/h3-15,20-21,24-31,33-35H,16-19,22-23H2,1-2H3/i1D3,2D3,16D2,20D,22D2,23D2,31D. The first-order chi connectivity index (χ1) is 34.4. The van der Waals surface area contributed by atoms with Crippen molar-refractivity contribution in [3.05, 3.63) is 208 Å². The molecule has 0 saturated heterocycles. The maximum atomic E-state index is 9.56. The molecule has 9 aromatic rings. The van der Waals surface area contributed by atoms with Crippen molar-refractivity contribution in [2.45, 2.75) is 52.1 Å². The van der Waals surface area contributed by atoms with E-state index in [1.807, 2.05) is 18.2 Å². The van der Waals surface area contributed by atoms with Crippen LogP contribution in [-0.2, 0) is 38.4 Å². The molecule has 0 amide bonds. The Morgan fingerprint density at radius 3 is 1.75 bits per heavy atom. The highest BCUT2D eigenvalue weighted by atomic mass is 16.3. The van der Waals surface area contributed by atoms with E-state index in [9.17, 15) is 13.5 Å². The molecule has 0 aliphatic carbocycles. The summed E-state index contributed by atoms with van der Waals surface area (Å²) in [4.78, 5) is 13.6. The Morgan fingerprint density at radius 1 is 0.593 bits per heavy atom. The number of para-hydroxylation sites is 1. The number of nitriles is 1. The van der Waals surface area contributed by atoms with Crippen LogP contribution < -0.4 is 0 Å². The van der Waals surface area contributed by atoms with Crippen molar-refractivity contribution in [2.75, 3.05) is 0 Å². The van der Waals surface area contributed by atoms with Gasteiger partial charge < -0.3 is 4.42 Å². The fourth-order valence-electron chi connectivity index (χ4n) is 7.06. The molecule has 4 heterocycles. The topological polar surface area (TPSA) is 75.6 Å². The Kier molecular flexibility index (Phi) is 6.98. The van der Waals surface area contributed by atoms with Gasteiger partial charge in [-0.15, -0.1) is 0 Å². The third-order valence-electron chi connectivity index (χ3n) is 10.0. The Labute approximate surface area is 365 Å². The quantitative estimate of drug-likeness (QED) is 0.123. The van der Waals surface area contributed by atoms with E-state index in [0.29, 0.717) is 66.8 Å². The fourth-order valence-corrected chi connectivity index (χ4v) is 7.06. The summed E-state index contributed by atoms with van der Waals surface area (Å²) in [5.41, 5.74) is 3.63. The molecule has 5 heteroatoms. The Bertz CT molecular complexity index is 3450. The van der Waals surface area contributed by atoms with E-state index >= 15 is 0 Å². The number of nitrogens with zero attached hydrogens (tertiary/aromatic N) is 4. The van der Waals surface area contributed by atoms with Gasteiger partial charge in [0, 0.05) is 62.5 Å². The van der Waals surface area contributed by atoms with E-state index < -0.39 is 45.7 Å². The summed E-state index contributed by atoms with van der Waals surface area (Å²) in [6, 6.07) is 36.9. The number of fused-ring (bicyclic) bond motifs is 3. The first-order valence-electron chi connectivity index (χ1n) is 26.0. The van der Waals surface area contributed by atoms with Crippen LogP contribution in [0.5, 0.6) is 0 Å². The zero-order chi connectivity index (χ0) is 52.3. The highest BCUT2D eigenvalue weighted by molar-refractivity contribution is 6.09. The summed E-state index contributed by atoms with van der Waals surface area (Å²) < 4.78 is 130. The average molecular weight is 779 g/mol. The van der Waals surface area contributed by atoms with Crippen molar-refractivity contribution >= 4 is 21.9 Å². The molecular formula is C54H44N4O. The van der Waals surface area contributed by atoms with Gasteiger partial charge in [-0.05, 0) is 139 Å². The van der Waals surface area contributed by atoms with Gasteiger partial charge in [0.1, 0.15) is 11.2 Å². The molecule has 0 N–H and O–H groups in total. The van der Waals surface area contributed by atoms with E-state index in [4.69, 9.17) is 15.4 Å². The van der Waals surface area contributed by atoms with Crippen LogP contribution in [0.3, 0.4) is 0 Å². The minimum Gasteiger partial charge on any atom is -0.455 e. The zero-order valence-corrected chi connectivity index (χ0v) is 31.7. The molecule has 0 atom stereocenters. The first-order valence-corrected chi connectivity index (χ1v) is 19.0. The van der Waals surface area contributed by atoms with Crippen LogP contribution in [-0.4, -0.2) is 15.0 Å². The normalized spacial score (nSPS) is 15.9. The minimum absolute atomic E-state index is 0.101. The molecule has 0 saturated carbocycles. The van der Waals surface area contributed by atoms with Gasteiger partial charge >= 0.3 is 0 Å². The Hall–Kier alpha value is -7.16. The number of hydrogen-bond acceptors (Lipinski definition) is 5. The number of hydrogen-bond donors (Lipinski definition) is 0. The predicted octanol–water partition coefficient (Wildman–Crippen LogP) is 12.6. The Morgan fingerprint density at radius 2 is 1.19 bits per heavy atom. The van der Waals surface area contributed by atoms with Gasteiger partial charge in [0.15, 0.2) is 0 Å². The number of furan rings is 1. The summed E-state index contributed by atoms with van der Waals surface area (Å²) in [6.45, 7) is -5.47. The van der Waals surface area contributed by atoms with E-state index in [1.165, 1.54) is 36.8 Å². The summed E-state index contributed by atoms with van der Waals surface area (Å²) in [5.74, 6) is 0. The van der Waals surface area contributed by atoms with E-state index in [-0.39, 0.29) is 57.5 Å². The maximum Gasteiger partial charge on any atom is 0.144 e. The van der Waals surface area contributed by atoms with E-state index in [1.54, 1.807) is 97.1 Å². The molecule has 0 aliphatic heterocycles. The average Bonchev–Trinajstić information content (AvgIpc) is 3.72. The third-order valence-corrected chi connectivity index (χ3v) is 10.0. The van der Waals surface area contributed by atoms with Crippen LogP contribution in [0.1, 0.15) is 69.3 Å². The predicted molar refractivity (Wildman–Crippen MR) is 239 cm³/mol. The number of rotatable bonds is 12. The molecule has 4 aromatic heterocycles. The van der Waals surface area contributed by atoms with Crippen molar-refractivity contribution in [2.24, 2.45) is 0 Å². The summed E-state index contributed by atoms with van der Waals surface area (Å²) in [7, 11) is 0.